The summed E-state index contributed by atoms with van der Waals surface area (Å²) in [6.07, 6.45) is 0.834. The van der Waals surface area contributed by atoms with Gasteiger partial charge in [-0.2, -0.15) is 0 Å². The molecule has 0 radical (unpaired) electrons. The van der Waals surface area contributed by atoms with Crippen LogP contribution in [0.5, 0.6) is 11.5 Å². The Morgan fingerprint density at radius 1 is 0.828 bits per heavy atom. The van der Waals surface area contributed by atoms with E-state index in [1.165, 1.54) is 5.56 Å². The Morgan fingerprint density at radius 3 is 2.21 bits per heavy atom. The van der Waals surface area contributed by atoms with E-state index in [0.717, 1.165) is 22.9 Å². The minimum Gasteiger partial charge on any atom is -0.507 e. The molecular weight excluding hydrogens is 362 g/mol. The summed E-state index contributed by atoms with van der Waals surface area (Å²) < 4.78 is 5.77. The molecule has 4 aromatic carbocycles. The molecule has 0 aliphatic heterocycles. The van der Waals surface area contributed by atoms with E-state index >= 15 is 0 Å². The molecule has 0 spiro atoms. The molecule has 0 aromatic heterocycles. The van der Waals surface area contributed by atoms with Gasteiger partial charge in [-0.3, -0.25) is 4.79 Å². The van der Waals surface area contributed by atoms with Gasteiger partial charge in [-0.05, 0) is 52.7 Å². The highest BCUT2D eigenvalue weighted by Gasteiger charge is 2.13. The zero-order chi connectivity index (χ0) is 20.1. The van der Waals surface area contributed by atoms with Crippen molar-refractivity contribution in [2.45, 2.75) is 6.42 Å². The van der Waals surface area contributed by atoms with Crippen LogP contribution in [0.1, 0.15) is 15.9 Å². The third kappa shape index (κ3) is 4.55. The van der Waals surface area contributed by atoms with Crippen molar-refractivity contribution in [3.05, 3.63) is 102 Å². The number of fused-ring (bicyclic) bond motifs is 1. The van der Waals surface area contributed by atoms with Crippen LogP contribution in [0, 0.1) is 0 Å². The smallest absolute Gasteiger partial charge is 0.259 e. The normalized spacial score (nSPS) is 10.6. The molecule has 0 bridgehead atoms. The second-order valence-corrected chi connectivity index (χ2v) is 6.78. The number of anilines is 1. The Balaban J connectivity index is 1.38. The van der Waals surface area contributed by atoms with Gasteiger partial charge in [0.15, 0.2) is 0 Å². The summed E-state index contributed by atoms with van der Waals surface area (Å²) in [6, 6.07) is 28.3. The number of aromatic hydroxyl groups is 1. The van der Waals surface area contributed by atoms with Crippen LogP contribution in [0.4, 0.5) is 5.69 Å². The fourth-order valence-corrected chi connectivity index (χ4v) is 3.17. The molecule has 4 aromatic rings. The van der Waals surface area contributed by atoms with Crippen molar-refractivity contribution in [2.24, 2.45) is 0 Å². The Hall–Kier alpha value is -3.79. The summed E-state index contributed by atoms with van der Waals surface area (Å²) in [6.45, 7) is 0.584. The molecule has 0 heterocycles. The number of hydrogen-bond donors (Lipinski definition) is 2. The fraction of sp³-hybridized carbons (Fsp3) is 0.0800. The third-order valence-corrected chi connectivity index (χ3v) is 4.72. The minimum atomic E-state index is -0.356. The average molecular weight is 383 g/mol. The zero-order valence-electron chi connectivity index (χ0n) is 15.8. The average Bonchev–Trinajstić information content (AvgIpc) is 2.75. The number of rotatable bonds is 6. The van der Waals surface area contributed by atoms with E-state index in [2.05, 4.69) is 17.4 Å². The maximum Gasteiger partial charge on any atom is 0.259 e. The molecule has 4 rings (SSSR count). The van der Waals surface area contributed by atoms with E-state index in [9.17, 15) is 9.90 Å². The highest BCUT2D eigenvalue weighted by molar-refractivity contribution is 6.08. The lowest BCUT2D eigenvalue weighted by Crippen LogP contribution is -2.12. The molecule has 2 N–H and O–H groups in total. The molecule has 0 aliphatic rings. The maximum atomic E-state index is 12.6. The van der Waals surface area contributed by atoms with E-state index in [4.69, 9.17) is 4.74 Å². The molecule has 0 saturated heterocycles. The first kappa shape index (κ1) is 18.6. The Bertz CT molecular complexity index is 1120. The number of nitrogens with one attached hydrogen (secondary N) is 1. The SMILES string of the molecule is O=C(Nc1ccc(OCCc2ccccc2)cc1)c1cc2ccccc2cc1O. The molecule has 0 atom stereocenters. The van der Waals surface area contributed by atoms with Gasteiger partial charge in [-0.25, -0.2) is 0 Å². The Labute approximate surface area is 169 Å². The van der Waals surface area contributed by atoms with Gasteiger partial charge in [0.1, 0.15) is 11.5 Å². The number of ether oxygens (including phenoxy) is 1. The number of carbonyl (C=O) groups excluding carboxylic acids is 1. The first-order valence-corrected chi connectivity index (χ1v) is 9.49. The molecule has 1 amide bonds. The molecule has 4 nitrogen and oxygen atoms in total. The van der Waals surface area contributed by atoms with Gasteiger partial charge in [0.25, 0.3) is 5.91 Å². The zero-order valence-corrected chi connectivity index (χ0v) is 15.8. The summed E-state index contributed by atoms with van der Waals surface area (Å²) >= 11 is 0. The molecule has 0 saturated carbocycles. The predicted octanol–water partition coefficient (Wildman–Crippen LogP) is 5.42. The first-order valence-electron chi connectivity index (χ1n) is 9.49. The lowest BCUT2D eigenvalue weighted by Gasteiger charge is -2.10. The Kier molecular flexibility index (Phi) is 5.43. The molecular formula is C25H21NO3. The van der Waals surface area contributed by atoms with Gasteiger partial charge in [0, 0.05) is 12.1 Å². The summed E-state index contributed by atoms with van der Waals surface area (Å²) in [7, 11) is 0. The van der Waals surface area contributed by atoms with Crippen molar-refractivity contribution < 1.29 is 14.6 Å². The molecule has 29 heavy (non-hydrogen) atoms. The van der Waals surface area contributed by atoms with Crippen LogP contribution in [0.2, 0.25) is 0 Å². The fourth-order valence-electron chi connectivity index (χ4n) is 3.17. The van der Waals surface area contributed by atoms with Crippen LogP contribution in [-0.2, 0) is 6.42 Å². The van der Waals surface area contributed by atoms with Crippen LogP contribution in [-0.4, -0.2) is 17.6 Å². The van der Waals surface area contributed by atoms with Crippen molar-refractivity contribution in [1.82, 2.24) is 0 Å². The van der Waals surface area contributed by atoms with E-state index < -0.39 is 0 Å². The van der Waals surface area contributed by atoms with Crippen molar-refractivity contribution in [3.63, 3.8) is 0 Å². The van der Waals surface area contributed by atoms with Crippen LogP contribution in [0.15, 0.2) is 91.0 Å². The quantitative estimate of drug-likeness (QED) is 0.467. The molecule has 0 fully saturated rings. The van der Waals surface area contributed by atoms with Crippen LogP contribution >= 0.6 is 0 Å². The first-order chi connectivity index (χ1) is 14.2. The van der Waals surface area contributed by atoms with Crippen LogP contribution in [0.3, 0.4) is 0 Å². The van der Waals surface area contributed by atoms with Crippen molar-refractivity contribution in [1.29, 1.82) is 0 Å². The van der Waals surface area contributed by atoms with Gasteiger partial charge >= 0.3 is 0 Å². The van der Waals surface area contributed by atoms with Gasteiger partial charge in [-0.1, -0.05) is 54.6 Å². The topological polar surface area (TPSA) is 58.6 Å². The maximum absolute atomic E-state index is 12.6. The Morgan fingerprint density at radius 2 is 1.48 bits per heavy atom. The monoisotopic (exact) mass is 383 g/mol. The highest BCUT2D eigenvalue weighted by Crippen LogP contribution is 2.26. The number of benzene rings is 4. The summed E-state index contributed by atoms with van der Waals surface area (Å²) in [4.78, 5) is 12.6. The van der Waals surface area contributed by atoms with Gasteiger partial charge < -0.3 is 15.2 Å². The minimum absolute atomic E-state index is 0.0398. The van der Waals surface area contributed by atoms with Crippen LogP contribution in [0.25, 0.3) is 10.8 Å². The summed E-state index contributed by atoms with van der Waals surface area (Å²) in [5, 5.41) is 14.8. The summed E-state index contributed by atoms with van der Waals surface area (Å²) in [5.74, 6) is 0.348. The third-order valence-electron chi connectivity index (χ3n) is 4.72. The van der Waals surface area contributed by atoms with Crippen molar-refractivity contribution >= 4 is 22.4 Å². The highest BCUT2D eigenvalue weighted by atomic mass is 16.5. The van der Waals surface area contributed by atoms with Crippen molar-refractivity contribution in [2.75, 3.05) is 11.9 Å². The van der Waals surface area contributed by atoms with E-state index in [0.29, 0.717) is 12.3 Å². The van der Waals surface area contributed by atoms with Gasteiger partial charge in [0.2, 0.25) is 0 Å². The second-order valence-electron chi connectivity index (χ2n) is 6.78. The number of phenolic OH excluding ortho intramolecular Hbond substituents is 1. The number of hydrogen-bond acceptors (Lipinski definition) is 3. The van der Waals surface area contributed by atoms with E-state index in [1.807, 2.05) is 54.6 Å². The molecule has 144 valence electrons. The van der Waals surface area contributed by atoms with E-state index in [-0.39, 0.29) is 17.2 Å². The summed E-state index contributed by atoms with van der Waals surface area (Å²) in [5.41, 5.74) is 2.11. The number of amides is 1. The van der Waals surface area contributed by atoms with Gasteiger partial charge in [-0.15, -0.1) is 0 Å². The molecule has 0 unspecified atom stereocenters. The standard InChI is InChI=1S/C25H21NO3/c27-24-17-20-9-5-4-8-19(20)16-23(24)25(28)26-21-10-12-22(13-11-21)29-15-14-18-6-2-1-3-7-18/h1-13,16-17,27H,14-15H2,(H,26,28). The molecule has 4 heteroatoms. The lowest BCUT2D eigenvalue weighted by atomic mass is 10.1. The lowest BCUT2D eigenvalue weighted by molar-refractivity contribution is 0.102. The largest absolute Gasteiger partial charge is 0.507 e. The van der Waals surface area contributed by atoms with Gasteiger partial charge in [0.05, 0.1) is 12.2 Å². The number of phenols is 1. The van der Waals surface area contributed by atoms with E-state index in [1.54, 1.807) is 24.3 Å². The number of carbonyl (C=O) groups is 1. The predicted molar refractivity (Wildman–Crippen MR) is 116 cm³/mol. The van der Waals surface area contributed by atoms with Crippen LogP contribution < -0.4 is 10.1 Å². The second kappa shape index (κ2) is 8.48. The van der Waals surface area contributed by atoms with Crippen molar-refractivity contribution in [3.8, 4) is 11.5 Å². The molecule has 0 aliphatic carbocycles.